The summed E-state index contributed by atoms with van der Waals surface area (Å²) in [6, 6.07) is 5.23. The van der Waals surface area contributed by atoms with Gasteiger partial charge in [-0.2, -0.15) is 0 Å². The van der Waals surface area contributed by atoms with E-state index in [2.05, 4.69) is 5.32 Å². The predicted octanol–water partition coefficient (Wildman–Crippen LogP) is 1.12. The lowest BCUT2D eigenvalue weighted by atomic mass is 10.2. The van der Waals surface area contributed by atoms with Gasteiger partial charge in [0, 0.05) is 0 Å². The molecule has 1 heterocycles. The molecule has 1 aromatic rings. The maximum absolute atomic E-state index is 11.9. The Labute approximate surface area is 109 Å². The van der Waals surface area contributed by atoms with Gasteiger partial charge in [-0.1, -0.05) is 6.07 Å². The molecule has 1 aliphatic heterocycles. The number of hydrogen-bond donors (Lipinski definition) is 2. The molecule has 2 unspecified atom stereocenters. The fourth-order valence-corrected chi connectivity index (χ4v) is 2.16. The molecular formula is C13H13NO5. The van der Waals surface area contributed by atoms with Crippen molar-refractivity contribution < 1.29 is 24.2 Å². The normalized spacial score (nSPS) is 23.6. The number of hydrogen-bond acceptors (Lipinski definition) is 4. The van der Waals surface area contributed by atoms with Crippen molar-refractivity contribution in [1.82, 2.24) is 0 Å². The van der Waals surface area contributed by atoms with Crippen LogP contribution in [-0.4, -0.2) is 30.2 Å². The van der Waals surface area contributed by atoms with Crippen LogP contribution in [0.4, 0.5) is 5.69 Å². The maximum atomic E-state index is 11.9. The molecule has 1 fully saturated rings. The standard InChI is InChI=1S/C13H13NO5/c15-12(7-6-8(7)13(16)17)14-9-2-1-3-10-11(9)19-5-4-18-10/h1-3,7-8H,4-6H2,(H,14,15)(H,16,17). The van der Waals surface area contributed by atoms with Crippen LogP contribution < -0.4 is 14.8 Å². The zero-order valence-corrected chi connectivity index (χ0v) is 10.1. The Bertz CT molecular complexity index is 542. The highest BCUT2D eigenvalue weighted by Crippen LogP contribution is 2.42. The van der Waals surface area contributed by atoms with E-state index in [0.717, 1.165) is 0 Å². The quantitative estimate of drug-likeness (QED) is 0.853. The van der Waals surface area contributed by atoms with Crippen molar-refractivity contribution in [2.24, 2.45) is 11.8 Å². The number of amides is 1. The molecule has 0 saturated heterocycles. The van der Waals surface area contributed by atoms with Gasteiger partial charge in [0.2, 0.25) is 5.91 Å². The molecule has 100 valence electrons. The number of rotatable bonds is 3. The highest BCUT2D eigenvalue weighted by molar-refractivity contribution is 5.99. The highest BCUT2D eigenvalue weighted by atomic mass is 16.6. The summed E-state index contributed by atoms with van der Waals surface area (Å²) in [6.07, 6.45) is 0.396. The van der Waals surface area contributed by atoms with Gasteiger partial charge in [-0.05, 0) is 18.6 Å². The van der Waals surface area contributed by atoms with Gasteiger partial charge in [-0.15, -0.1) is 0 Å². The van der Waals surface area contributed by atoms with Gasteiger partial charge in [-0.3, -0.25) is 9.59 Å². The molecule has 1 amide bonds. The van der Waals surface area contributed by atoms with E-state index in [1.807, 2.05) is 0 Å². The first-order valence-corrected chi connectivity index (χ1v) is 6.09. The Balaban J connectivity index is 1.74. The Morgan fingerprint density at radius 3 is 2.74 bits per heavy atom. The topological polar surface area (TPSA) is 84.9 Å². The molecule has 6 heteroatoms. The first kappa shape index (κ1) is 11.8. The molecule has 2 N–H and O–H groups in total. The summed E-state index contributed by atoms with van der Waals surface area (Å²) in [7, 11) is 0. The van der Waals surface area contributed by atoms with Crippen molar-refractivity contribution >= 4 is 17.6 Å². The third kappa shape index (κ3) is 2.21. The average Bonchev–Trinajstić information content (AvgIpc) is 3.19. The summed E-state index contributed by atoms with van der Waals surface area (Å²) in [5.41, 5.74) is 0.526. The summed E-state index contributed by atoms with van der Waals surface area (Å²) in [4.78, 5) is 22.6. The minimum atomic E-state index is -0.921. The van der Waals surface area contributed by atoms with Crippen molar-refractivity contribution in [1.29, 1.82) is 0 Å². The lowest BCUT2D eigenvalue weighted by Crippen LogP contribution is -2.20. The largest absolute Gasteiger partial charge is 0.486 e. The van der Waals surface area contributed by atoms with Crippen molar-refractivity contribution in [2.75, 3.05) is 18.5 Å². The third-order valence-corrected chi connectivity index (χ3v) is 3.27. The molecular weight excluding hydrogens is 250 g/mol. The predicted molar refractivity (Wildman–Crippen MR) is 65.3 cm³/mol. The van der Waals surface area contributed by atoms with Crippen molar-refractivity contribution in [3.8, 4) is 11.5 Å². The van der Waals surface area contributed by atoms with Crippen LogP contribution in [0, 0.1) is 11.8 Å². The van der Waals surface area contributed by atoms with Gasteiger partial charge in [-0.25, -0.2) is 0 Å². The number of aliphatic carboxylic acids is 1. The van der Waals surface area contributed by atoms with Gasteiger partial charge in [0.05, 0.1) is 17.5 Å². The molecule has 0 bridgehead atoms. The van der Waals surface area contributed by atoms with Crippen LogP contribution in [0.1, 0.15) is 6.42 Å². The molecule has 6 nitrogen and oxygen atoms in total. The number of benzene rings is 1. The number of carbonyl (C=O) groups excluding carboxylic acids is 1. The van der Waals surface area contributed by atoms with E-state index in [1.165, 1.54) is 0 Å². The van der Waals surface area contributed by atoms with Crippen molar-refractivity contribution in [3.63, 3.8) is 0 Å². The number of para-hydroxylation sites is 1. The molecule has 1 saturated carbocycles. The minimum absolute atomic E-state index is 0.282. The van der Waals surface area contributed by atoms with Gasteiger partial charge in [0.1, 0.15) is 13.2 Å². The van der Waals surface area contributed by atoms with Crippen LogP contribution in [0.25, 0.3) is 0 Å². The SMILES string of the molecule is O=C(O)C1CC1C(=O)Nc1cccc2c1OCCO2. The number of carboxylic acids is 1. The van der Waals surface area contributed by atoms with E-state index in [9.17, 15) is 9.59 Å². The third-order valence-electron chi connectivity index (χ3n) is 3.27. The fourth-order valence-electron chi connectivity index (χ4n) is 2.16. The summed E-state index contributed by atoms with van der Waals surface area (Å²) >= 11 is 0. The Morgan fingerprint density at radius 2 is 2.00 bits per heavy atom. The molecule has 3 rings (SSSR count). The van der Waals surface area contributed by atoms with E-state index in [0.29, 0.717) is 36.8 Å². The molecule has 0 radical (unpaired) electrons. The number of carbonyl (C=O) groups is 2. The summed E-state index contributed by atoms with van der Waals surface area (Å²) in [5, 5.41) is 11.5. The van der Waals surface area contributed by atoms with Gasteiger partial charge in [0.15, 0.2) is 11.5 Å². The van der Waals surface area contributed by atoms with Crippen LogP contribution in [0.15, 0.2) is 18.2 Å². The Kier molecular flexibility index (Phi) is 2.77. The first-order chi connectivity index (χ1) is 9.16. The van der Waals surface area contributed by atoms with Gasteiger partial charge >= 0.3 is 5.97 Å². The maximum Gasteiger partial charge on any atom is 0.307 e. The van der Waals surface area contributed by atoms with Crippen LogP contribution >= 0.6 is 0 Å². The van der Waals surface area contributed by atoms with E-state index in [4.69, 9.17) is 14.6 Å². The fraction of sp³-hybridized carbons (Fsp3) is 0.385. The molecule has 1 aliphatic carbocycles. The van der Waals surface area contributed by atoms with E-state index in [-0.39, 0.29) is 5.91 Å². The molecule has 2 atom stereocenters. The van der Waals surface area contributed by atoms with Crippen molar-refractivity contribution in [2.45, 2.75) is 6.42 Å². The highest BCUT2D eigenvalue weighted by Gasteiger charge is 2.48. The van der Waals surface area contributed by atoms with Crippen LogP contribution in [-0.2, 0) is 9.59 Å². The van der Waals surface area contributed by atoms with Gasteiger partial charge < -0.3 is 19.9 Å². The van der Waals surface area contributed by atoms with Crippen molar-refractivity contribution in [3.05, 3.63) is 18.2 Å². The lowest BCUT2D eigenvalue weighted by Gasteiger charge is -2.21. The number of anilines is 1. The van der Waals surface area contributed by atoms with E-state index >= 15 is 0 Å². The van der Waals surface area contributed by atoms with Crippen LogP contribution in [0.2, 0.25) is 0 Å². The smallest absolute Gasteiger partial charge is 0.307 e. The average molecular weight is 263 g/mol. The Morgan fingerprint density at radius 1 is 1.21 bits per heavy atom. The molecule has 19 heavy (non-hydrogen) atoms. The molecule has 2 aliphatic rings. The summed E-state index contributed by atoms with van der Waals surface area (Å²) < 4.78 is 10.9. The second-order valence-corrected chi connectivity index (χ2v) is 4.61. The van der Waals surface area contributed by atoms with Crippen LogP contribution in [0.5, 0.6) is 11.5 Å². The van der Waals surface area contributed by atoms with Crippen LogP contribution in [0.3, 0.4) is 0 Å². The Hall–Kier alpha value is -2.24. The second-order valence-electron chi connectivity index (χ2n) is 4.61. The number of nitrogens with one attached hydrogen (secondary N) is 1. The second kappa shape index (κ2) is 4.46. The van der Waals surface area contributed by atoms with E-state index in [1.54, 1.807) is 18.2 Å². The monoisotopic (exact) mass is 263 g/mol. The number of carboxylic acid groups (broad SMARTS) is 1. The summed E-state index contributed by atoms with van der Waals surface area (Å²) in [6.45, 7) is 0.912. The number of fused-ring (bicyclic) bond motifs is 1. The molecule has 0 spiro atoms. The zero-order valence-electron chi connectivity index (χ0n) is 10.1. The first-order valence-electron chi connectivity index (χ1n) is 6.09. The lowest BCUT2D eigenvalue weighted by molar-refractivity contribution is -0.139. The van der Waals surface area contributed by atoms with E-state index < -0.39 is 17.8 Å². The number of ether oxygens (including phenoxy) is 2. The zero-order chi connectivity index (χ0) is 13.4. The minimum Gasteiger partial charge on any atom is -0.486 e. The summed E-state index contributed by atoms with van der Waals surface area (Å²) in [5.74, 6) is -1.11. The van der Waals surface area contributed by atoms with Gasteiger partial charge in [0.25, 0.3) is 0 Å². The molecule has 1 aromatic carbocycles. The molecule has 0 aromatic heterocycles.